The fourth-order valence-corrected chi connectivity index (χ4v) is 8.19. The molecule has 0 fully saturated rings. The van der Waals surface area contributed by atoms with Crippen LogP contribution in [0.5, 0.6) is 0 Å². The predicted molar refractivity (Wildman–Crippen MR) is 203 cm³/mol. The van der Waals surface area contributed by atoms with Crippen molar-refractivity contribution < 1.29 is 4.42 Å². The minimum atomic E-state index is -0.425. The van der Waals surface area contributed by atoms with E-state index in [2.05, 4.69) is 181 Å². The molecule has 0 unspecified atom stereocenters. The molecular weight excluding hydrogens is 595 g/mol. The molecule has 9 aromatic rings. The highest BCUT2D eigenvalue weighted by atomic mass is 16.3. The molecule has 0 atom stereocenters. The lowest BCUT2D eigenvalue weighted by atomic mass is 9.68. The van der Waals surface area contributed by atoms with Gasteiger partial charge in [0.1, 0.15) is 11.2 Å². The Labute approximate surface area is 285 Å². The molecule has 1 heterocycles. The standard InChI is InChI=1S/C47H31NO/c1-3-13-34(14-4-1)47(43-20-10-7-17-39(43)40-18-8-11-21-44(40)47)35-24-27-37(28-25-35)48(36-15-5-2-6-16-36)38-26-23-32-30-42-41-19-9-12-22-45(41)49-46(42)31-33(32)29-38/h1-31H. The van der Waals surface area contributed by atoms with Crippen molar-refractivity contribution in [2.45, 2.75) is 5.41 Å². The summed E-state index contributed by atoms with van der Waals surface area (Å²) in [5.74, 6) is 0. The Balaban J connectivity index is 1.14. The zero-order chi connectivity index (χ0) is 32.4. The molecule has 2 heteroatoms. The van der Waals surface area contributed by atoms with Gasteiger partial charge in [0.05, 0.1) is 5.41 Å². The van der Waals surface area contributed by atoms with Crippen LogP contribution in [-0.2, 0) is 5.41 Å². The SMILES string of the molecule is c1ccc(N(c2ccc(C3(c4ccccc4)c4ccccc4-c4ccccc43)cc2)c2ccc3cc4c(cc3c2)oc2ccccc24)cc1. The molecule has 10 rings (SSSR count). The van der Waals surface area contributed by atoms with E-state index in [9.17, 15) is 0 Å². The first-order valence-corrected chi connectivity index (χ1v) is 16.8. The van der Waals surface area contributed by atoms with Gasteiger partial charge < -0.3 is 9.32 Å². The summed E-state index contributed by atoms with van der Waals surface area (Å²) >= 11 is 0. The fourth-order valence-electron chi connectivity index (χ4n) is 8.19. The molecule has 0 amide bonds. The summed E-state index contributed by atoms with van der Waals surface area (Å²) in [5.41, 5.74) is 12.5. The molecule has 0 aliphatic heterocycles. The molecule has 230 valence electrons. The van der Waals surface area contributed by atoms with E-state index >= 15 is 0 Å². The third kappa shape index (κ3) is 4.14. The Bertz CT molecular complexity index is 2610. The molecule has 0 radical (unpaired) electrons. The quantitative estimate of drug-likeness (QED) is 0.189. The summed E-state index contributed by atoms with van der Waals surface area (Å²) < 4.78 is 6.27. The summed E-state index contributed by atoms with van der Waals surface area (Å²) in [4.78, 5) is 2.35. The number of nitrogens with zero attached hydrogens (tertiary/aromatic N) is 1. The van der Waals surface area contributed by atoms with E-state index in [0.29, 0.717) is 0 Å². The number of fused-ring (bicyclic) bond motifs is 7. The van der Waals surface area contributed by atoms with Gasteiger partial charge in [0, 0.05) is 27.8 Å². The lowest BCUT2D eigenvalue weighted by Crippen LogP contribution is -2.28. The minimum absolute atomic E-state index is 0.425. The molecule has 0 saturated carbocycles. The molecule has 1 aliphatic carbocycles. The number of para-hydroxylation sites is 2. The van der Waals surface area contributed by atoms with Crippen LogP contribution < -0.4 is 4.90 Å². The molecule has 49 heavy (non-hydrogen) atoms. The van der Waals surface area contributed by atoms with E-state index < -0.39 is 5.41 Å². The van der Waals surface area contributed by atoms with Gasteiger partial charge in [0.15, 0.2) is 0 Å². The van der Waals surface area contributed by atoms with Gasteiger partial charge in [0.25, 0.3) is 0 Å². The number of furan rings is 1. The number of hydrogen-bond donors (Lipinski definition) is 0. The van der Waals surface area contributed by atoms with Gasteiger partial charge >= 0.3 is 0 Å². The maximum absolute atomic E-state index is 6.27. The van der Waals surface area contributed by atoms with Crippen LogP contribution in [-0.4, -0.2) is 0 Å². The normalized spacial score (nSPS) is 13.1. The van der Waals surface area contributed by atoms with Crippen LogP contribution in [0.1, 0.15) is 22.3 Å². The van der Waals surface area contributed by atoms with Gasteiger partial charge in [-0.05, 0) is 98.8 Å². The molecule has 0 spiro atoms. The molecule has 0 N–H and O–H groups in total. The van der Waals surface area contributed by atoms with Crippen molar-refractivity contribution >= 4 is 49.8 Å². The van der Waals surface area contributed by atoms with Crippen molar-refractivity contribution in [1.29, 1.82) is 0 Å². The number of benzene rings is 8. The number of anilines is 3. The largest absolute Gasteiger partial charge is 0.456 e. The van der Waals surface area contributed by atoms with Crippen LogP contribution in [0.4, 0.5) is 17.1 Å². The van der Waals surface area contributed by atoms with Crippen LogP contribution >= 0.6 is 0 Å². The number of rotatable bonds is 5. The Hall–Kier alpha value is -6.38. The van der Waals surface area contributed by atoms with Crippen molar-refractivity contribution in [3.8, 4) is 11.1 Å². The fraction of sp³-hybridized carbons (Fsp3) is 0.0213. The van der Waals surface area contributed by atoms with E-state index in [-0.39, 0.29) is 0 Å². The van der Waals surface area contributed by atoms with E-state index in [1.807, 2.05) is 12.1 Å². The smallest absolute Gasteiger partial charge is 0.136 e. The van der Waals surface area contributed by atoms with E-state index in [4.69, 9.17) is 4.42 Å². The van der Waals surface area contributed by atoms with Gasteiger partial charge in [-0.2, -0.15) is 0 Å². The molecule has 2 nitrogen and oxygen atoms in total. The summed E-state index contributed by atoms with van der Waals surface area (Å²) in [6, 6.07) is 68.1. The van der Waals surface area contributed by atoms with Crippen LogP contribution in [0, 0.1) is 0 Å². The summed E-state index contributed by atoms with van der Waals surface area (Å²) in [6.45, 7) is 0. The first kappa shape index (κ1) is 27.7. The first-order chi connectivity index (χ1) is 24.3. The molecular formula is C47H31NO. The first-order valence-electron chi connectivity index (χ1n) is 16.8. The van der Waals surface area contributed by atoms with Crippen molar-refractivity contribution in [3.63, 3.8) is 0 Å². The van der Waals surface area contributed by atoms with Gasteiger partial charge in [-0.15, -0.1) is 0 Å². The van der Waals surface area contributed by atoms with E-state index in [0.717, 1.165) is 44.4 Å². The highest BCUT2D eigenvalue weighted by Gasteiger charge is 2.45. The van der Waals surface area contributed by atoms with Gasteiger partial charge in [-0.25, -0.2) is 0 Å². The van der Waals surface area contributed by atoms with Gasteiger partial charge in [-0.1, -0.05) is 133 Å². The van der Waals surface area contributed by atoms with Crippen molar-refractivity contribution in [2.75, 3.05) is 4.90 Å². The van der Waals surface area contributed by atoms with E-state index in [1.165, 1.54) is 38.8 Å². The second-order valence-corrected chi connectivity index (χ2v) is 12.9. The van der Waals surface area contributed by atoms with Gasteiger partial charge in [0.2, 0.25) is 0 Å². The lowest BCUT2D eigenvalue weighted by Gasteiger charge is -2.34. The molecule has 0 saturated heterocycles. The second-order valence-electron chi connectivity index (χ2n) is 12.9. The zero-order valence-electron chi connectivity index (χ0n) is 26.8. The third-order valence-electron chi connectivity index (χ3n) is 10.3. The Kier molecular flexibility index (Phi) is 6.13. The number of hydrogen-bond acceptors (Lipinski definition) is 2. The van der Waals surface area contributed by atoms with Crippen LogP contribution in [0.25, 0.3) is 43.8 Å². The summed E-state index contributed by atoms with van der Waals surface area (Å²) in [6.07, 6.45) is 0. The average Bonchev–Trinajstić information content (AvgIpc) is 3.68. The Morgan fingerprint density at radius 3 is 1.67 bits per heavy atom. The zero-order valence-corrected chi connectivity index (χ0v) is 26.8. The van der Waals surface area contributed by atoms with Crippen LogP contribution in [0.15, 0.2) is 192 Å². The maximum atomic E-state index is 6.27. The highest BCUT2D eigenvalue weighted by molar-refractivity contribution is 6.10. The van der Waals surface area contributed by atoms with Crippen molar-refractivity contribution in [2.24, 2.45) is 0 Å². The second kappa shape index (κ2) is 10.8. The Morgan fingerprint density at radius 1 is 0.367 bits per heavy atom. The van der Waals surface area contributed by atoms with Crippen LogP contribution in [0.3, 0.4) is 0 Å². The molecule has 1 aromatic heterocycles. The molecule has 0 bridgehead atoms. The maximum Gasteiger partial charge on any atom is 0.136 e. The monoisotopic (exact) mass is 625 g/mol. The average molecular weight is 626 g/mol. The van der Waals surface area contributed by atoms with Crippen molar-refractivity contribution in [1.82, 2.24) is 0 Å². The third-order valence-corrected chi connectivity index (χ3v) is 10.3. The van der Waals surface area contributed by atoms with Crippen molar-refractivity contribution in [3.05, 3.63) is 210 Å². The molecule has 8 aromatic carbocycles. The predicted octanol–water partition coefficient (Wildman–Crippen LogP) is 12.6. The van der Waals surface area contributed by atoms with Gasteiger partial charge in [-0.3, -0.25) is 0 Å². The Morgan fingerprint density at radius 2 is 0.939 bits per heavy atom. The summed E-state index contributed by atoms with van der Waals surface area (Å²) in [7, 11) is 0. The lowest BCUT2D eigenvalue weighted by molar-refractivity contribution is 0.669. The molecule has 1 aliphatic rings. The topological polar surface area (TPSA) is 16.4 Å². The van der Waals surface area contributed by atoms with E-state index in [1.54, 1.807) is 0 Å². The summed E-state index contributed by atoms with van der Waals surface area (Å²) in [5, 5.41) is 4.63. The minimum Gasteiger partial charge on any atom is -0.456 e. The van der Waals surface area contributed by atoms with Crippen LogP contribution in [0.2, 0.25) is 0 Å². The highest BCUT2D eigenvalue weighted by Crippen LogP contribution is 2.56.